The molecule has 0 aliphatic carbocycles. The van der Waals surface area contributed by atoms with Gasteiger partial charge in [-0.25, -0.2) is 4.98 Å². The number of hydrogen-bond donors (Lipinski definition) is 2. The van der Waals surface area contributed by atoms with Gasteiger partial charge in [-0.3, -0.25) is 4.68 Å². The van der Waals surface area contributed by atoms with Crippen molar-refractivity contribution in [2.24, 2.45) is 5.92 Å². The summed E-state index contributed by atoms with van der Waals surface area (Å²) in [4.78, 5) is 8.81. The van der Waals surface area contributed by atoms with Crippen LogP contribution in [0.4, 0.5) is 11.8 Å². The minimum Gasteiger partial charge on any atom is -0.379 e. The largest absolute Gasteiger partial charge is 0.379 e. The van der Waals surface area contributed by atoms with E-state index in [4.69, 9.17) is 4.74 Å². The van der Waals surface area contributed by atoms with E-state index in [1.807, 2.05) is 23.0 Å². The van der Waals surface area contributed by atoms with Crippen LogP contribution in [0.1, 0.15) is 19.8 Å². The van der Waals surface area contributed by atoms with Crippen molar-refractivity contribution in [3.05, 3.63) is 30.7 Å². The Labute approximate surface area is 136 Å². The van der Waals surface area contributed by atoms with Gasteiger partial charge in [-0.05, 0) is 30.9 Å². The van der Waals surface area contributed by atoms with Crippen molar-refractivity contribution in [3.63, 3.8) is 0 Å². The maximum Gasteiger partial charge on any atom is 0.224 e. The monoisotopic (exact) mass is 316 g/mol. The molecule has 7 heteroatoms. The molecular formula is C16H24N6O. The first-order chi connectivity index (χ1) is 11.3. The van der Waals surface area contributed by atoms with E-state index in [0.717, 1.165) is 45.0 Å². The Balaban J connectivity index is 1.48. The summed E-state index contributed by atoms with van der Waals surface area (Å²) >= 11 is 0. The van der Waals surface area contributed by atoms with Crippen LogP contribution in [0.2, 0.25) is 0 Å². The zero-order valence-corrected chi connectivity index (χ0v) is 13.5. The van der Waals surface area contributed by atoms with Gasteiger partial charge in [0.05, 0.1) is 12.6 Å². The molecule has 1 saturated heterocycles. The van der Waals surface area contributed by atoms with Crippen LogP contribution in [0, 0.1) is 5.92 Å². The summed E-state index contributed by atoms with van der Waals surface area (Å²) in [7, 11) is 0. The van der Waals surface area contributed by atoms with Gasteiger partial charge in [0.25, 0.3) is 0 Å². The van der Waals surface area contributed by atoms with Crippen molar-refractivity contribution >= 4 is 11.8 Å². The Bertz CT molecular complexity index is 582. The maximum absolute atomic E-state index is 5.48. The van der Waals surface area contributed by atoms with Crippen LogP contribution in [0.5, 0.6) is 0 Å². The zero-order valence-electron chi connectivity index (χ0n) is 13.5. The lowest BCUT2D eigenvalue weighted by atomic mass is 10.1. The predicted octanol–water partition coefficient (Wildman–Crippen LogP) is 2.01. The van der Waals surface area contributed by atoms with Crippen molar-refractivity contribution in [1.29, 1.82) is 0 Å². The van der Waals surface area contributed by atoms with Crippen LogP contribution < -0.4 is 10.6 Å². The fourth-order valence-electron chi connectivity index (χ4n) is 2.65. The van der Waals surface area contributed by atoms with E-state index < -0.39 is 0 Å². The smallest absolute Gasteiger partial charge is 0.224 e. The summed E-state index contributed by atoms with van der Waals surface area (Å²) in [6.45, 7) is 5.46. The second-order valence-electron chi connectivity index (χ2n) is 6.04. The number of ether oxygens (including phenoxy) is 1. The third-order valence-corrected chi connectivity index (χ3v) is 3.83. The molecule has 0 bridgehead atoms. The molecule has 0 saturated carbocycles. The molecule has 0 aromatic carbocycles. The summed E-state index contributed by atoms with van der Waals surface area (Å²) in [6.07, 6.45) is 7.77. The Morgan fingerprint density at radius 1 is 1.43 bits per heavy atom. The molecule has 2 aromatic heterocycles. The lowest BCUT2D eigenvalue weighted by Crippen LogP contribution is -2.30. The molecular weight excluding hydrogens is 292 g/mol. The van der Waals surface area contributed by atoms with Crippen LogP contribution in [0.15, 0.2) is 30.7 Å². The molecule has 0 spiro atoms. The number of hydrogen-bond acceptors (Lipinski definition) is 6. The molecule has 124 valence electrons. The predicted molar refractivity (Wildman–Crippen MR) is 89.4 cm³/mol. The van der Waals surface area contributed by atoms with Crippen molar-refractivity contribution in [1.82, 2.24) is 19.7 Å². The van der Waals surface area contributed by atoms with E-state index in [2.05, 4.69) is 32.6 Å². The van der Waals surface area contributed by atoms with E-state index in [-0.39, 0.29) is 0 Å². The Morgan fingerprint density at radius 3 is 3.17 bits per heavy atom. The molecule has 2 aromatic rings. The number of nitrogens with one attached hydrogen (secondary N) is 2. The Kier molecular flexibility index (Phi) is 5.42. The van der Waals surface area contributed by atoms with E-state index in [9.17, 15) is 0 Å². The molecule has 1 fully saturated rings. The first-order valence-corrected chi connectivity index (χ1v) is 8.18. The quantitative estimate of drug-likeness (QED) is 0.814. The molecule has 0 unspecified atom stereocenters. The normalized spacial score (nSPS) is 19.3. The second-order valence-corrected chi connectivity index (χ2v) is 6.04. The van der Waals surface area contributed by atoms with E-state index in [1.54, 1.807) is 12.4 Å². The van der Waals surface area contributed by atoms with Crippen molar-refractivity contribution in [2.75, 3.05) is 30.4 Å². The van der Waals surface area contributed by atoms with Crippen molar-refractivity contribution in [3.8, 4) is 0 Å². The molecule has 2 atom stereocenters. The van der Waals surface area contributed by atoms with E-state index in [0.29, 0.717) is 17.9 Å². The lowest BCUT2D eigenvalue weighted by molar-refractivity contribution is 0.0875. The molecule has 3 rings (SSSR count). The minimum absolute atomic E-state index is 0.338. The fourth-order valence-corrected chi connectivity index (χ4v) is 2.65. The maximum atomic E-state index is 5.48. The third-order valence-electron chi connectivity index (χ3n) is 3.83. The summed E-state index contributed by atoms with van der Waals surface area (Å²) in [5, 5.41) is 10.9. The number of aromatic nitrogens is 4. The van der Waals surface area contributed by atoms with Gasteiger partial charge >= 0.3 is 0 Å². The van der Waals surface area contributed by atoms with Gasteiger partial charge in [0, 0.05) is 38.3 Å². The fraction of sp³-hybridized carbons (Fsp3) is 0.562. The Morgan fingerprint density at radius 2 is 2.39 bits per heavy atom. The first-order valence-electron chi connectivity index (χ1n) is 8.18. The average molecular weight is 316 g/mol. The summed E-state index contributed by atoms with van der Waals surface area (Å²) < 4.78 is 7.42. The highest BCUT2D eigenvalue weighted by Crippen LogP contribution is 2.13. The van der Waals surface area contributed by atoms with E-state index in [1.165, 1.54) is 0 Å². The standard InChI is InChI=1S/C16H24N6O/c1-13(11-22-8-3-6-19-22)10-18-16-17-7-5-15(21-16)20-14-4-2-9-23-12-14/h3,5-8,13-14H,2,4,9-12H2,1H3,(H2,17,18,20,21)/t13-,14-/m0/s1. The molecule has 0 radical (unpaired) electrons. The van der Waals surface area contributed by atoms with Crippen LogP contribution in [-0.4, -0.2) is 45.5 Å². The van der Waals surface area contributed by atoms with Gasteiger partial charge < -0.3 is 15.4 Å². The van der Waals surface area contributed by atoms with Crippen LogP contribution in [0.25, 0.3) is 0 Å². The molecule has 1 aliphatic heterocycles. The number of rotatable bonds is 7. The van der Waals surface area contributed by atoms with Crippen LogP contribution >= 0.6 is 0 Å². The van der Waals surface area contributed by atoms with Gasteiger partial charge in [0.15, 0.2) is 0 Å². The highest BCUT2D eigenvalue weighted by atomic mass is 16.5. The molecule has 3 heterocycles. The second kappa shape index (κ2) is 7.92. The molecule has 0 amide bonds. The topological polar surface area (TPSA) is 76.9 Å². The average Bonchev–Trinajstić information content (AvgIpc) is 3.07. The molecule has 7 nitrogen and oxygen atoms in total. The number of anilines is 2. The van der Waals surface area contributed by atoms with Gasteiger partial charge in [-0.15, -0.1) is 0 Å². The zero-order chi connectivity index (χ0) is 15.9. The van der Waals surface area contributed by atoms with Gasteiger partial charge in [0.1, 0.15) is 5.82 Å². The first kappa shape index (κ1) is 15.7. The molecule has 2 N–H and O–H groups in total. The van der Waals surface area contributed by atoms with Crippen molar-refractivity contribution < 1.29 is 4.74 Å². The van der Waals surface area contributed by atoms with Crippen LogP contribution in [-0.2, 0) is 11.3 Å². The minimum atomic E-state index is 0.338. The summed E-state index contributed by atoms with van der Waals surface area (Å²) in [5.74, 6) is 1.93. The highest BCUT2D eigenvalue weighted by molar-refractivity contribution is 5.40. The Hall–Kier alpha value is -2.15. The third kappa shape index (κ3) is 4.92. The SMILES string of the molecule is C[C@@H](CNc1nccc(N[C@H]2CCCOC2)n1)Cn1cccn1. The van der Waals surface area contributed by atoms with Crippen LogP contribution in [0.3, 0.4) is 0 Å². The van der Waals surface area contributed by atoms with Gasteiger partial charge in [0.2, 0.25) is 5.95 Å². The molecule has 1 aliphatic rings. The summed E-state index contributed by atoms with van der Waals surface area (Å²) in [6, 6.07) is 4.17. The van der Waals surface area contributed by atoms with Crippen molar-refractivity contribution in [2.45, 2.75) is 32.4 Å². The van der Waals surface area contributed by atoms with E-state index >= 15 is 0 Å². The van der Waals surface area contributed by atoms with Gasteiger partial charge in [-0.2, -0.15) is 10.1 Å². The molecule has 23 heavy (non-hydrogen) atoms. The number of nitrogens with zero attached hydrogens (tertiary/aromatic N) is 4. The van der Waals surface area contributed by atoms with Gasteiger partial charge in [-0.1, -0.05) is 6.92 Å². The summed E-state index contributed by atoms with van der Waals surface area (Å²) in [5.41, 5.74) is 0. The lowest BCUT2D eigenvalue weighted by Gasteiger charge is -2.23. The highest BCUT2D eigenvalue weighted by Gasteiger charge is 2.14.